The van der Waals surface area contributed by atoms with Gasteiger partial charge in [-0.1, -0.05) is 46.3 Å². The van der Waals surface area contributed by atoms with E-state index in [1.807, 2.05) is 6.07 Å². The van der Waals surface area contributed by atoms with Gasteiger partial charge in [0, 0.05) is 22.2 Å². The molecule has 0 aliphatic heterocycles. The summed E-state index contributed by atoms with van der Waals surface area (Å²) in [6, 6.07) is 15.8. The first-order valence-electron chi connectivity index (χ1n) is 8.86. The van der Waals surface area contributed by atoms with Gasteiger partial charge in [0.1, 0.15) is 4.90 Å². The molecule has 0 bridgehead atoms. The highest BCUT2D eigenvalue weighted by Gasteiger charge is 2.24. The van der Waals surface area contributed by atoms with Crippen molar-refractivity contribution >= 4 is 55.2 Å². The molecular formula is C20H15BrN4O6S. The monoisotopic (exact) mass is 518 g/mol. The number of carbonyl (C=O) groups is 1. The number of hydrogen-bond acceptors (Lipinski definition) is 7. The zero-order valence-corrected chi connectivity index (χ0v) is 18.5. The predicted octanol–water partition coefficient (Wildman–Crippen LogP) is 4.30. The second-order valence-corrected chi connectivity index (χ2v) is 8.79. The molecule has 164 valence electrons. The SMILES string of the molecule is O=C(O)c1ccccc1NS(=O)(=O)c1cc([N+](=O)[O-])ccc1NN=Cc1ccccc1Br. The predicted molar refractivity (Wildman–Crippen MR) is 123 cm³/mol. The Kier molecular flexibility index (Phi) is 6.85. The van der Waals surface area contributed by atoms with Crippen LogP contribution in [0.5, 0.6) is 0 Å². The van der Waals surface area contributed by atoms with E-state index in [2.05, 4.69) is 31.2 Å². The number of hydrogen-bond donors (Lipinski definition) is 3. The minimum absolute atomic E-state index is 0.0424. The van der Waals surface area contributed by atoms with Crippen LogP contribution in [0.2, 0.25) is 0 Å². The molecule has 10 nitrogen and oxygen atoms in total. The standard InChI is InChI=1S/C20H15BrN4O6S/c21-16-7-3-1-5-13(16)12-22-23-18-10-9-14(25(28)29)11-19(18)32(30,31)24-17-8-4-2-6-15(17)20(26)27/h1-12,23-24H,(H,26,27). The van der Waals surface area contributed by atoms with Crippen LogP contribution in [0, 0.1) is 10.1 Å². The average molecular weight is 519 g/mol. The van der Waals surface area contributed by atoms with E-state index in [1.165, 1.54) is 36.5 Å². The van der Waals surface area contributed by atoms with Crippen molar-refractivity contribution in [2.24, 2.45) is 5.10 Å². The van der Waals surface area contributed by atoms with E-state index in [4.69, 9.17) is 0 Å². The molecule has 32 heavy (non-hydrogen) atoms. The van der Waals surface area contributed by atoms with Crippen LogP contribution < -0.4 is 10.1 Å². The zero-order chi connectivity index (χ0) is 23.3. The van der Waals surface area contributed by atoms with Gasteiger partial charge in [0.15, 0.2) is 0 Å². The lowest BCUT2D eigenvalue weighted by molar-refractivity contribution is -0.385. The van der Waals surface area contributed by atoms with E-state index >= 15 is 0 Å². The maximum atomic E-state index is 13.0. The topological polar surface area (TPSA) is 151 Å². The molecule has 0 aliphatic carbocycles. The van der Waals surface area contributed by atoms with Gasteiger partial charge in [-0.3, -0.25) is 20.3 Å². The number of halogens is 1. The number of nitro benzene ring substituents is 1. The van der Waals surface area contributed by atoms with Crippen molar-refractivity contribution in [3.63, 3.8) is 0 Å². The summed E-state index contributed by atoms with van der Waals surface area (Å²) >= 11 is 3.36. The van der Waals surface area contributed by atoms with Gasteiger partial charge in [0.25, 0.3) is 15.7 Å². The number of hydrazone groups is 1. The van der Waals surface area contributed by atoms with Crippen LogP contribution in [0.25, 0.3) is 0 Å². The summed E-state index contributed by atoms with van der Waals surface area (Å²) in [5.41, 5.74) is 2.32. The van der Waals surface area contributed by atoms with Crippen LogP contribution in [0.4, 0.5) is 17.1 Å². The van der Waals surface area contributed by atoms with Gasteiger partial charge in [-0.2, -0.15) is 5.10 Å². The molecule has 0 aliphatic rings. The lowest BCUT2D eigenvalue weighted by Crippen LogP contribution is -2.17. The Bertz CT molecular complexity index is 1330. The molecule has 0 unspecified atom stereocenters. The number of nitro groups is 1. The molecule has 0 saturated heterocycles. The Balaban J connectivity index is 2.00. The van der Waals surface area contributed by atoms with Gasteiger partial charge in [-0.05, 0) is 24.3 Å². The molecule has 0 spiro atoms. The lowest BCUT2D eigenvalue weighted by atomic mass is 10.2. The normalized spacial score (nSPS) is 11.3. The summed E-state index contributed by atoms with van der Waals surface area (Å²) in [4.78, 5) is 21.4. The summed E-state index contributed by atoms with van der Waals surface area (Å²) in [6.45, 7) is 0. The average Bonchev–Trinajstić information content (AvgIpc) is 2.75. The number of carboxylic acids is 1. The number of para-hydroxylation sites is 1. The number of non-ortho nitro benzene ring substituents is 1. The third-order valence-corrected chi connectivity index (χ3v) is 6.29. The van der Waals surface area contributed by atoms with Crippen molar-refractivity contribution in [1.29, 1.82) is 0 Å². The minimum atomic E-state index is -4.42. The fraction of sp³-hybridized carbons (Fsp3) is 0. The molecule has 12 heteroatoms. The number of aromatic carboxylic acids is 1. The molecule has 3 aromatic carbocycles. The summed E-state index contributed by atoms with van der Waals surface area (Å²) in [5, 5.41) is 24.5. The number of benzene rings is 3. The highest BCUT2D eigenvalue weighted by atomic mass is 79.9. The van der Waals surface area contributed by atoms with Crippen molar-refractivity contribution < 1.29 is 23.2 Å². The summed E-state index contributed by atoms with van der Waals surface area (Å²) in [6.07, 6.45) is 1.44. The second-order valence-electron chi connectivity index (χ2n) is 6.29. The molecule has 3 N–H and O–H groups in total. The highest BCUT2D eigenvalue weighted by Crippen LogP contribution is 2.29. The number of carboxylic acid groups (broad SMARTS) is 1. The van der Waals surface area contributed by atoms with E-state index in [0.29, 0.717) is 5.56 Å². The third-order valence-electron chi connectivity index (χ3n) is 4.16. The van der Waals surface area contributed by atoms with Gasteiger partial charge >= 0.3 is 5.97 Å². The largest absolute Gasteiger partial charge is 0.478 e. The summed E-state index contributed by atoms with van der Waals surface area (Å²) in [7, 11) is -4.42. The number of nitrogens with one attached hydrogen (secondary N) is 2. The lowest BCUT2D eigenvalue weighted by Gasteiger charge is -2.13. The maximum Gasteiger partial charge on any atom is 0.337 e. The van der Waals surface area contributed by atoms with E-state index in [9.17, 15) is 28.4 Å². The van der Waals surface area contributed by atoms with Crippen LogP contribution in [-0.2, 0) is 10.0 Å². The van der Waals surface area contributed by atoms with Gasteiger partial charge < -0.3 is 5.11 Å². The molecule has 0 heterocycles. The number of rotatable bonds is 8. The van der Waals surface area contributed by atoms with Gasteiger partial charge in [-0.15, -0.1) is 0 Å². The van der Waals surface area contributed by atoms with Crippen molar-refractivity contribution in [3.05, 3.63) is 92.4 Å². The quantitative estimate of drug-likeness (QED) is 0.228. The maximum absolute atomic E-state index is 13.0. The number of anilines is 2. The smallest absolute Gasteiger partial charge is 0.337 e. The molecule has 0 saturated carbocycles. The van der Waals surface area contributed by atoms with Crippen LogP contribution in [-0.4, -0.2) is 30.6 Å². The van der Waals surface area contributed by atoms with Gasteiger partial charge in [0.05, 0.1) is 28.1 Å². The molecule has 0 radical (unpaired) electrons. The minimum Gasteiger partial charge on any atom is -0.478 e. The molecule has 0 amide bonds. The first kappa shape index (κ1) is 22.9. The van der Waals surface area contributed by atoms with E-state index in [1.54, 1.807) is 18.2 Å². The summed E-state index contributed by atoms with van der Waals surface area (Å²) < 4.78 is 29.0. The van der Waals surface area contributed by atoms with Crippen molar-refractivity contribution in [2.45, 2.75) is 4.90 Å². The fourth-order valence-electron chi connectivity index (χ4n) is 2.65. The molecule has 3 rings (SSSR count). The van der Waals surface area contributed by atoms with Gasteiger partial charge in [-0.25, -0.2) is 13.2 Å². The van der Waals surface area contributed by atoms with E-state index in [0.717, 1.165) is 16.6 Å². The van der Waals surface area contributed by atoms with E-state index < -0.39 is 31.5 Å². The molecule has 0 atom stereocenters. The molecule has 0 aromatic heterocycles. The van der Waals surface area contributed by atoms with Crippen molar-refractivity contribution in [1.82, 2.24) is 0 Å². The Morgan fingerprint density at radius 2 is 1.75 bits per heavy atom. The summed E-state index contributed by atoms with van der Waals surface area (Å²) in [5.74, 6) is -1.33. The number of nitrogens with zero attached hydrogens (tertiary/aromatic N) is 2. The van der Waals surface area contributed by atoms with Crippen LogP contribution in [0.3, 0.4) is 0 Å². The fourth-order valence-corrected chi connectivity index (χ4v) is 4.29. The molecular weight excluding hydrogens is 504 g/mol. The Morgan fingerprint density at radius 1 is 1.06 bits per heavy atom. The Hall–Kier alpha value is -3.77. The Morgan fingerprint density at radius 3 is 2.44 bits per heavy atom. The van der Waals surface area contributed by atoms with E-state index in [-0.39, 0.29) is 16.9 Å². The first-order valence-corrected chi connectivity index (χ1v) is 11.1. The van der Waals surface area contributed by atoms with Crippen molar-refractivity contribution in [2.75, 3.05) is 10.1 Å². The van der Waals surface area contributed by atoms with Crippen LogP contribution in [0.1, 0.15) is 15.9 Å². The Labute approximate surface area is 190 Å². The third kappa shape index (κ3) is 5.28. The van der Waals surface area contributed by atoms with Crippen LogP contribution in [0.15, 0.2) is 81.2 Å². The number of sulfonamides is 1. The highest BCUT2D eigenvalue weighted by molar-refractivity contribution is 9.10. The molecule has 3 aromatic rings. The van der Waals surface area contributed by atoms with Crippen molar-refractivity contribution in [3.8, 4) is 0 Å². The second kappa shape index (κ2) is 9.58. The van der Waals surface area contributed by atoms with Gasteiger partial charge in [0.2, 0.25) is 0 Å². The first-order chi connectivity index (χ1) is 15.2. The zero-order valence-electron chi connectivity index (χ0n) is 16.1. The van der Waals surface area contributed by atoms with Crippen LogP contribution >= 0.6 is 15.9 Å². The molecule has 0 fully saturated rings.